The van der Waals surface area contributed by atoms with Crippen LogP contribution >= 0.6 is 23.2 Å². The molecule has 0 saturated carbocycles. The van der Waals surface area contributed by atoms with Crippen LogP contribution in [0.15, 0.2) is 72.9 Å². The summed E-state index contributed by atoms with van der Waals surface area (Å²) in [6.45, 7) is 0. The van der Waals surface area contributed by atoms with Crippen molar-refractivity contribution in [1.29, 1.82) is 0 Å². The molecule has 4 atom stereocenters. The van der Waals surface area contributed by atoms with Crippen molar-refractivity contribution in [3.63, 3.8) is 0 Å². The fourth-order valence-electron chi connectivity index (χ4n) is 5.63. The third-order valence-electron chi connectivity index (χ3n) is 7.23. The molecule has 9 nitrogen and oxygen atoms in total. The Morgan fingerprint density at radius 1 is 0.947 bits per heavy atom. The number of nitrogens with one attached hydrogen (secondary N) is 1. The number of halogens is 2. The van der Waals surface area contributed by atoms with E-state index in [-0.39, 0.29) is 16.4 Å². The largest absolute Gasteiger partial charge is 0.357 e. The number of carbonyl (C=O) groups excluding carboxylic acids is 3. The topological polar surface area (TPSA) is 113 Å². The van der Waals surface area contributed by atoms with Crippen LogP contribution < -0.4 is 10.2 Å². The highest BCUT2D eigenvalue weighted by Gasteiger charge is 2.64. The zero-order chi connectivity index (χ0) is 26.7. The molecule has 11 heteroatoms. The third kappa shape index (κ3) is 3.66. The monoisotopic (exact) mass is 548 g/mol. The van der Waals surface area contributed by atoms with Gasteiger partial charge in [-0.05, 0) is 47.5 Å². The number of hydrogen-bond acceptors (Lipinski definition) is 6. The van der Waals surface area contributed by atoms with Crippen molar-refractivity contribution in [3.05, 3.63) is 104 Å². The SMILES string of the molecule is O=C(Nc1cc([N+](=O)[O-])ccc1Cl)C1C2C(=O)N(c3ccc(Cl)cc3)C(=O)C2C2c3ccccc3C=CN12. The van der Waals surface area contributed by atoms with Gasteiger partial charge in [0.2, 0.25) is 17.7 Å². The Morgan fingerprint density at radius 2 is 1.66 bits per heavy atom. The van der Waals surface area contributed by atoms with E-state index in [4.69, 9.17) is 23.2 Å². The van der Waals surface area contributed by atoms with Gasteiger partial charge in [-0.3, -0.25) is 24.5 Å². The van der Waals surface area contributed by atoms with Crippen LogP contribution in [0.4, 0.5) is 17.1 Å². The van der Waals surface area contributed by atoms with E-state index in [1.54, 1.807) is 35.4 Å². The first-order valence-corrected chi connectivity index (χ1v) is 12.4. The van der Waals surface area contributed by atoms with Gasteiger partial charge in [0.25, 0.3) is 5.69 Å². The first kappa shape index (κ1) is 24.1. The summed E-state index contributed by atoms with van der Waals surface area (Å²) in [7, 11) is 0. The van der Waals surface area contributed by atoms with Crippen molar-refractivity contribution in [3.8, 4) is 0 Å². The van der Waals surface area contributed by atoms with Crippen LogP contribution in [0.2, 0.25) is 10.0 Å². The number of fused-ring (bicyclic) bond motifs is 5. The summed E-state index contributed by atoms with van der Waals surface area (Å²) in [6, 6.07) is 15.9. The van der Waals surface area contributed by atoms with E-state index in [0.29, 0.717) is 10.7 Å². The molecule has 190 valence electrons. The number of nitro benzene ring substituents is 1. The van der Waals surface area contributed by atoms with Crippen LogP contribution in [-0.4, -0.2) is 33.6 Å². The van der Waals surface area contributed by atoms with Crippen LogP contribution in [0.5, 0.6) is 0 Å². The predicted octanol–water partition coefficient (Wildman–Crippen LogP) is 5.06. The third-order valence-corrected chi connectivity index (χ3v) is 7.82. The summed E-state index contributed by atoms with van der Waals surface area (Å²) in [4.78, 5) is 55.0. The highest BCUT2D eigenvalue weighted by Crippen LogP contribution is 2.53. The Bertz CT molecular complexity index is 1560. The molecule has 38 heavy (non-hydrogen) atoms. The molecular weight excluding hydrogens is 531 g/mol. The minimum absolute atomic E-state index is 0.0404. The number of carbonyl (C=O) groups is 3. The van der Waals surface area contributed by atoms with Crippen molar-refractivity contribution >= 4 is 64.1 Å². The van der Waals surface area contributed by atoms with Crippen LogP contribution in [-0.2, 0) is 14.4 Å². The molecule has 2 saturated heterocycles. The van der Waals surface area contributed by atoms with Crippen LogP contribution in [0.3, 0.4) is 0 Å². The summed E-state index contributed by atoms with van der Waals surface area (Å²) >= 11 is 12.2. The number of imide groups is 1. The highest BCUT2D eigenvalue weighted by molar-refractivity contribution is 6.34. The maximum absolute atomic E-state index is 13.8. The zero-order valence-corrected chi connectivity index (χ0v) is 21.0. The first-order valence-electron chi connectivity index (χ1n) is 11.7. The van der Waals surface area contributed by atoms with E-state index >= 15 is 0 Å². The fraction of sp³-hybridized carbons (Fsp3) is 0.148. The second-order valence-electron chi connectivity index (χ2n) is 9.23. The number of amides is 3. The second kappa shape index (κ2) is 8.97. The number of nitrogens with zero attached hydrogens (tertiary/aromatic N) is 3. The van der Waals surface area contributed by atoms with Crippen molar-refractivity contribution in [2.45, 2.75) is 12.1 Å². The van der Waals surface area contributed by atoms with Gasteiger partial charge in [0.05, 0.1) is 39.2 Å². The van der Waals surface area contributed by atoms with E-state index in [9.17, 15) is 24.5 Å². The summed E-state index contributed by atoms with van der Waals surface area (Å²) < 4.78 is 0. The zero-order valence-electron chi connectivity index (χ0n) is 19.5. The van der Waals surface area contributed by atoms with Gasteiger partial charge in [-0.1, -0.05) is 47.5 Å². The quantitative estimate of drug-likeness (QED) is 0.277. The van der Waals surface area contributed by atoms with Crippen LogP contribution in [0, 0.1) is 22.0 Å². The molecule has 3 heterocycles. The summed E-state index contributed by atoms with van der Waals surface area (Å²) in [5.74, 6) is -3.36. The molecule has 1 N–H and O–H groups in total. The lowest BCUT2D eigenvalue weighted by atomic mass is 9.84. The smallest absolute Gasteiger partial charge is 0.271 e. The number of rotatable bonds is 4. The molecule has 3 aliphatic rings. The van der Waals surface area contributed by atoms with Gasteiger partial charge >= 0.3 is 0 Å². The van der Waals surface area contributed by atoms with Crippen molar-refractivity contribution in [1.82, 2.24) is 4.90 Å². The Balaban J connectivity index is 1.43. The molecule has 3 aromatic carbocycles. The van der Waals surface area contributed by atoms with E-state index in [2.05, 4.69) is 5.32 Å². The van der Waals surface area contributed by atoms with Gasteiger partial charge < -0.3 is 10.2 Å². The van der Waals surface area contributed by atoms with Gasteiger partial charge in [-0.2, -0.15) is 0 Å². The van der Waals surface area contributed by atoms with E-state index in [0.717, 1.165) is 22.1 Å². The van der Waals surface area contributed by atoms with Gasteiger partial charge in [-0.25, -0.2) is 4.90 Å². The summed E-state index contributed by atoms with van der Waals surface area (Å²) in [5, 5.41) is 14.5. The van der Waals surface area contributed by atoms with Crippen LogP contribution in [0.25, 0.3) is 6.08 Å². The van der Waals surface area contributed by atoms with Crippen molar-refractivity contribution < 1.29 is 19.3 Å². The maximum atomic E-state index is 13.8. The molecule has 3 aliphatic heterocycles. The fourth-order valence-corrected chi connectivity index (χ4v) is 5.92. The molecule has 0 aromatic heterocycles. The molecule has 6 rings (SSSR count). The highest BCUT2D eigenvalue weighted by atomic mass is 35.5. The van der Waals surface area contributed by atoms with Crippen molar-refractivity contribution in [2.24, 2.45) is 11.8 Å². The molecule has 0 spiro atoms. The lowest BCUT2D eigenvalue weighted by Crippen LogP contribution is -2.46. The molecular formula is C27H18Cl2N4O5. The van der Waals surface area contributed by atoms with Crippen molar-refractivity contribution in [2.75, 3.05) is 10.2 Å². The van der Waals surface area contributed by atoms with Gasteiger partial charge in [0, 0.05) is 23.4 Å². The Hall–Kier alpha value is -4.21. The molecule has 3 aromatic rings. The number of hydrogen-bond donors (Lipinski definition) is 1. The average Bonchev–Trinajstić information content (AvgIpc) is 3.38. The molecule has 3 amide bonds. The van der Waals surface area contributed by atoms with Gasteiger partial charge in [0.1, 0.15) is 6.04 Å². The molecule has 4 unspecified atom stereocenters. The van der Waals surface area contributed by atoms with Gasteiger partial charge in [0.15, 0.2) is 0 Å². The lowest BCUT2D eigenvalue weighted by Gasteiger charge is -2.35. The summed E-state index contributed by atoms with van der Waals surface area (Å²) in [6.07, 6.45) is 3.55. The van der Waals surface area contributed by atoms with E-state index < -0.39 is 46.6 Å². The number of anilines is 2. The van der Waals surface area contributed by atoms with E-state index in [1.807, 2.05) is 30.3 Å². The Kier molecular flexibility index (Phi) is 5.70. The second-order valence-corrected chi connectivity index (χ2v) is 10.1. The normalized spacial score (nSPS) is 23.2. The number of nitro groups is 1. The Labute approximate surface area is 226 Å². The van der Waals surface area contributed by atoms with Crippen LogP contribution in [0.1, 0.15) is 17.2 Å². The molecule has 2 fully saturated rings. The maximum Gasteiger partial charge on any atom is 0.271 e. The van der Waals surface area contributed by atoms with Gasteiger partial charge in [-0.15, -0.1) is 0 Å². The number of benzene rings is 3. The first-order chi connectivity index (χ1) is 18.3. The Morgan fingerprint density at radius 3 is 2.39 bits per heavy atom. The molecule has 0 bridgehead atoms. The predicted molar refractivity (Wildman–Crippen MR) is 142 cm³/mol. The average molecular weight is 549 g/mol. The molecule has 0 radical (unpaired) electrons. The standard InChI is InChI=1S/C27H18Cl2N4O5/c28-15-5-7-16(8-6-15)32-26(35)21-22(27(32)36)24(31-12-11-14-3-1-2-4-18(14)23(21)31)25(34)30-20-13-17(33(37)38)9-10-19(20)29/h1-13,21-24H,(H,30,34). The number of non-ortho nitro benzene ring substituents is 1. The minimum atomic E-state index is -1.07. The lowest BCUT2D eigenvalue weighted by molar-refractivity contribution is -0.384. The van der Waals surface area contributed by atoms with E-state index in [1.165, 1.54) is 12.1 Å². The molecule has 0 aliphatic carbocycles. The minimum Gasteiger partial charge on any atom is -0.357 e. The summed E-state index contributed by atoms with van der Waals surface area (Å²) in [5.41, 5.74) is 1.87.